The van der Waals surface area contributed by atoms with E-state index in [1.807, 2.05) is 0 Å². The lowest BCUT2D eigenvalue weighted by Crippen LogP contribution is -1.80. The fourth-order valence-electron chi connectivity index (χ4n) is 0.820. The molecule has 5 nitrogen and oxygen atoms in total. The van der Waals surface area contributed by atoms with E-state index in [1.54, 1.807) is 13.1 Å². The lowest BCUT2D eigenvalue weighted by Gasteiger charge is -1.85. The van der Waals surface area contributed by atoms with Crippen molar-refractivity contribution >= 4 is 22.6 Å². The molecule has 62 valence electrons. The maximum atomic E-state index is 4.95. The quantitative estimate of drug-likeness (QED) is 0.799. The predicted octanol–water partition coefficient (Wildman–Crippen LogP) is 1.37. The monoisotopic (exact) mass is 276 g/mol. The average Bonchev–Trinajstić information content (AvgIpc) is 2.58. The number of aromatic amines is 1. The third-order valence-electron chi connectivity index (χ3n) is 1.33. The molecule has 0 aliphatic carbocycles. The molecular weight excluding hydrogens is 271 g/mol. The lowest BCUT2D eigenvalue weighted by molar-refractivity contribution is 0.424. The fraction of sp³-hybridized carbons (Fsp3) is 0.167. The number of H-pyrrole nitrogens is 1. The maximum Gasteiger partial charge on any atom is 0.277 e. The van der Waals surface area contributed by atoms with Gasteiger partial charge in [-0.2, -0.15) is 10.1 Å². The smallest absolute Gasteiger partial charge is 0.277 e. The van der Waals surface area contributed by atoms with Crippen molar-refractivity contribution in [2.24, 2.45) is 0 Å². The number of hydrogen-bond acceptors (Lipinski definition) is 4. The summed E-state index contributed by atoms with van der Waals surface area (Å²) in [7, 11) is 0. The van der Waals surface area contributed by atoms with Gasteiger partial charge in [-0.25, -0.2) is 0 Å². The highest BCUT2D eigenvalue weighted by Crippen LogP contribution is 2.19. The summed E-state index contributed by atoms with van der Waals surface area (Å²) in [5.74, 6) is 1.10. The van der Waals surface area contributed by atoms with Crippen LogP contribution < -0.4 is 0 Å². The minimum Gasteiger partial charge on any atom is -0.332 e. The van der Waals surface area contributed by atoms with Crippen LogP contribution in [0.5, 0.6) is 0 Å². The Balaban J connectivity index is 2.50. The van der Waals surface area contributed by atoms with E-state index in [0.717, 1.165) is 9.26 Å². The van der Waals surface area contributed by atoms with Gasteiger partial charge in [0.15, 0.2) is 5.82 Å². The van der Waals surface area contributed by atoms with Crippen molar-refractivity contribution in [1.29, 1.82) is 0 Å². The van der Waals surface area contributed by atoms with E-state index in [4.69, 9.17) is 4.52 Å². The number of aryl methyl sites for hydroxylation is 1. The summed E-state index contributed by atoms with van der Waals surface area (Å²) in [4.78, 5) is 4.06. The molecule has 0 saturated heterocycles. The van der Waals surface area contributed by atoms with E-state index < -0.39 is 0 Å². The molecule has 1 N–H and O–H groups in total. The largest absolute Gasteiger partial charge is 0.332 e. The summed E-state index contributed by atoms with van der Waals surface area (Å²) in [6.07, 6.45) is 1.70. The van der Waals surface area contributed by atoms with Crippen LogP contribution in [0.25, 0.3) is 11.6 Å². The summed E-state index contributed by atoms with van der Waals surface area (Å²) in [6, 6.07) is 0. The first-order valence-electron chi connectivity index (χ1n) is 3.27. The Kier molecular flexibility index (Phi) is 1.83. The first-order valence-corrected chi connectivity index (χ1v) is 4.35. The molecule has 12 heavy (non-hydrogen) atoms. The van der Waals surface area contributed by atoms with Crippen LogP contribution in [-0.2, 0) is 0 Å². The van der Waals surface area contributed by atoms with E-state index in [1.165, 1.54) is 0 Å². The summed E-state index contributed by atoms with van der Waals surface area (Å²) < 4.78 is 5.92. The van der Waals surface area contributed by atoms with E-state index in [0.29, 0.717) is 11.7 Å². The summed E-state index contributed by atoms with van der Waals surface area (Å²) in [5, 5.41) is 10.3. The molecule has 2 aromatic heterocycles. The zero-order valence-electron chi connectivity index (χ0n) is 6.21. The van der Waals surface area contributed by atoms with Gasteiger partial charge in [-0.1, -0.05) is 5.16 Å². The topological polar surface area (TPSA) is 67.6 Å². The molecule has 2 heterocycles. The number of nitrogens with zero attached hydrogens (tertiary/aromatic N) is 3. The molecule has 2 rings (SSSR count). The Morgan fingerprint density at radius 1 is 1.58 bits per heavy atom. The Morgan fingerprint density at radius 2 is 2.42 bits per heavy atom. The first kappa shape index (κ1) is 7.71. The molecule has 0 aromatic carbocycles. The van der Waals surface area contributed by atoms with E-state index >= 15 is 0 Å². The molecule has 0 aliphatic rings. The predicted molar refractivity (Wildman–Crippen MR) is 49.3 cm³/mol. The van der Waals surface area contributed by atoms with Crippen molar-refractivity contribution < 1.29 is 4.52 Å². The molecule has 0 saturated carbocycles. The van der Waals surface area contributed by atoms with Crippen LogP contribution in [0.2, 0.25) is 0 Å². The fourth-order valence-corrected chi connectivity index (χ4v) is 1.31. The minimum absolute atomic E-state index is 0.481. The van der Waals surface area contributed by atoms with Gasteiger partial charge >= 0.3 is 0 Å². The summed E-state index contributed by atoms with van der Waals surface area (Å²) in [5.41, 5.74) is 0.774. The van der Waals surface area contributed by atoms with Crippen molar-refractivity contribution in [2.75, 3.05) is 0 Å². The normalized spacial score (nSPS) is 10.5. The van der Waals surface area contributed by atoms with Gasteiger partial charge in [-0.05, 0) is 29.5 Å². The zero-order valence-corrected chi connectivity index (χ0v) is 8.36. The van der Waals surface area contributed by atoms with Crippen LogP contribution in [0.3, 0.4) is 0 Å². The van der Waals surface area contributed by atoms with Gasteiger partial charge in [0.25, 0.3) is 5.89 Å². The van der Waals surface area contributed by atoms with Crippen LogP contribution in [0, 0.1) is 10.5 Å². The van der Waals surface area contributed by atoms with Crippen molar-refractivity contribution in [3.05, 3.63) is 15.6 Å². The minimum atomic E-state index is 0.481. The lowest BCUT2D eigenvalue weighted by atomic mass is 10.4. The Morgan fingerprint density at radius 3 is 2.92 bits per heavy atom. The van der Waals surface area contributed by atoms with Crippen molar-refractivity contribution in [3.63, 3.8) is 0 Å². The zero-order chi connectivity index (χ0) is 8.55. The Bertz CT molecular complexity index is 394. The van der Waals surface area contributed by atoms with Crippen LogP contribution >= 0.6 is 22.6 Å². The Hall–Kier alpha value is -0.920. The molecule has 0 spiro atoms. The molecule has 0 amide bonds. The molecule has 0 aliphatic heterocycles. The van der Waals surface area contributed by atoms with Crippen molar-refractivity contribution in [2.45, 2.75) is 6.92 Å². The van der Waals surface area contributed by atoms with Crippen LogP contribution in [0.1, 0.15) is 5.82 Å². The Labute approximate surface area is 81.7 Å². The third-order valence-corrected chi connectivity index (χ3v) is 2.15. The molecule has 0 radical (unpaired) electrons. The van der Waals surface area contributed by atoms with E-state index in [2.05, 4.69) is 42.9 Å². The molecule has 0 fully saturated rings. The molecule has 0 atom stereocenters. The molecule has 0 bridgehead atoms. The second kappa shape index (κ2) is 2.85. The maximum absolute atomic E-state index is 4.95. The van der Waals surface area contributed by atoms with E-state index in [-0.39, 0.29) is 0 Å². The summed E-state index contributed by atoms with van der Waals surface area (Å²) in [6.45, 7) is 1.77. The van der Waals surface area contributed by atoms with Crippen molar-refractivity contribution in [3.8, 4) is 11.6 Å². The second-order valence-corrected chi connectivity index (χ2v) is 3.40. The molecule has 0 unspecified atom stereocenters. The molecule has 2 aromatic rings. The number of halogens is 1. The van der Waals surface area contributed by atoms with Crippen LogP contribution in [-0.4, -0.2) is 20.3 Å². The van der Waals surface area contributed by atoms with Gasteiger partial charge < -0.3 is 4.52 Å². The van der Waals surface area contributed by atoms with Gasteiger partial charge in [0.1, 0.15) is 5.69 Å². The average molecular weight is 276 g/mol. The number of rotatable bonds is 1. The highest BCUT2D eigenvalue weighted by Gasteiger charge is 2.11. The third kappa shape index (κ3) is 1.22. The highest BCUT2D eigenvalue weighted by molar-refractivity contribution is 14.1. The van der Waals surface area contributed by atoms with Crippen molar-refractivity contribution in [1.82, 2.24) is 20.3 Å². The number of nitrogens with one attached hydrogen (secondary N) is 1. The summed E-state index contributed by atoms with van der Waals surface area (Å²) >= 11 is 2.15. The van der Waals surface area contributed by atoms with Gasteiger partial charge in [0, 0.05) is 0 Å². The highest BCUT2D eigenvalue weighted by atomic mass is 127. The number of hydrogen-bond donors (Lipinski definition) is 1. The van der Waals surface area contributed by atoms with Crippen LogP contribution in [0.4, 0.5) is 0 Å². The molecule has 6 heteroatoms. The van der Waals surface area contributed by atoms with Gasteiger partial charge in [-0.15, -0.1) is 0 Å². The second-order valence-electron chi connectivity index (χ2n) is 2.24. The number of aromatic nitrogens is 4. The van der Waals surface area contributed by atoms with Gasteiger partial charge in [0.05, 0.1) is 9.77 Å². The SMILES string of the molecule is Cc1noc(-c2[nH]ncc2I)n1. The van der Waals surface area contributed by atoms with Gasteiger partial charge in [0.2, 0.25) is 0 Å². The van der Waals surface area contributed by atoms with Gasteiger partial charge in [-0.3, -0.25) is 5.10 Å². The first-order chi connectivity index (χ1) is 5.77. The van der Waals surface area contributed by atoms with E-state index in [9.17, 15) is 0 Å². The standard InChI is InChI=1S/C6H5IN4O/c1-3-9-6(12-11-3)5-4(7)2-8-10-5/h2H,1H3,(H,8,10). The van der Waals surface area contributed by atoms with Crippen LogP contribution in [0.15, 0.2) is 10.7 Å². The molecular formula is C6H5IN4O.